The Morgan fingerprint density at radius 1 is 1.14 bits per heavy atom. The van der Waals surface area contributed by atoms with Crippen molar-refractivity contribution in [1.29, 1.82) is 0 Å². The van der Waals surface area contributed by atoms with Crippen LogP contribution < -0.4 is 5.32 Å². The molecule has 0 unspecified atom stereocenters. The van der Waals surface area contributed by atoms with E-state index in [1.165, 1.54) is 12.1 Å². The number of Topliss-reactive ketones (excluding diaryl/α,β-unsaturated/α-hetero) is 1. The van der Waals surface area contributed by atoms with Crippen LogP contribution in [0.15, 0.2) is 71.1 Å². The minimum Gasteiger partial charge on any atom is -0.461 e. The number of nitro benzene ring substituents is 1. The van der Waals surface area contributed by atoms with Crippen molar-refractivity contribution in [3.05, 3.63) is 97.3 Å². The SMILES string of the molecule is CCSCCOC(=O)C1=C(C)NC2=C(C(=O)C[C@@H](c3ccc(Cl)cc3)C2)[C@H]1c1ccc([N+](=O)[O-])cc1. The van der Waals surface area contributed by atoms with Gasteiger partial charge in [0.1, 0.15) is 6.61 Å². The molecule has 1 N–H and O–H groups in total. The van der Waals surface area contributed by atoms with Crippen LogP contribution in [0.4, 0.5) is 5.69 Å². The molecule has 0 aromatic heterocycles. The van der Waals surface area contributed by atoms with Gasteiger partial charge in [0.2, 0.25) is 0 Å². The van der Waals surface area contributed by atoms with Gasteiger partial charge in [-0.3, -0.25) is 14.9 Å². The minimum absolute atomic E-state index is 0.0223. The number of thioether (sulfide) groups is 1. The molecule has 36 heavy (non-hydrogen) atoms. The number of nitrogens with one attached hydrogen (secondary N) is 1. The highest BCUT2D eigenvalue weighted by atomic mass is 35.5. The van der Waals surface area contributed by atoms with Gasteiger partial charge < -0.3 is 10.1 Å². The second-order valence-electron chi connectivity index (χ2n) is 8.75. The van der Waals surface area contributed by atoms with Crippen LogP contribution in [0, 0.1) is 10.1 Å². The van der Waals surface area contributed by atoms with Gasteiger partial charge in [0, 0.05) is 52.2 Å². The monoisotopic (exact) mass is 526 g/mol. The van der Waals surface area contributed by atoms with Crippen molar-refractivity contribution in [3.8, 4) is 0 Å². The first-order valence-electron chi connectivity index (χ1n) is 11.8. The fraction of sp³-hybridized carbons (Fsp3) is 0.333. The summed E-state index contributed by atoms with van der Waals surface area (Å²) in [7, 11) is 0. The lowest BCUT2D eigenvalue weighted by atomic mass is 9.71. The average Bonchev–Trinajstić information content (AvgIpc) is 2.86. The van der Waals surface area contributed by atoms with Crippen LogP contribution in [0.2, 0.25) is 5.02 Å². The molecule has 2 aromatic carbocycles. The van der Waals surface area contributed by atoms with E-state index >= 15 is 0 Å². The molecule has 0 bridgehead atoms. The standard InChI is InChI=1S/C27H27ClN2O5S/c1-3-36-13-12-35-27(32)24-16(2)29-22-14-19(17-4-8-20(28)9-5-17)15-23(31)26(22)25(24)18-6-10-21(11-7-18)30(33)34/h4-11,19,25,29H,3,12-15H2,1-2H3/t19-,25-/m0/s1. The highest BCUT2D eigenvalue weighted by Gasteiger charge is 2.41. The molecule has 0 radical (unpaired) electrons. The van der Waals surface area contributed by atoms with Gasteiger partial charge in [0.15, 0.2) is 5.78 Å². The van der Waals surface area contributed by atoms with Gasteiger partial charge in [0.05, 0.1) is 10.5 Å². The van der Waals surface area contributed by atoms with E-state index in [4.69, 9.17) is 16.3 Å². The summed E-state index contributed by atoms with van der Waals surface area (Å²) in [5, 5.41) is 15.1. The molecule has 9 heteroatoms. The predicted molar refractivity (Wildman–Crippen MR) is 141 cm³/mol. The van der Waals surface area contributed by atoms with Crippen molar-refractivity contribution < 1.29 is 19.2 Å². The summed E-state index contributed by atoms with van der Waals surface area (Å²) in [6, 6.07) is 13.5. The van der Waals surface area contributed by atoms with E-state index in [9.17, 15) is 19.7 Å². The lowest BCUT2D eigenvalue weighted by Gasteiger charge is -2.36. The number of esters is 1. The fourth-order valence-electron chi connectivity index (χ4n) is 4.82. The minimum atomic E-state index is -0.660. The zero-order valence-electron chi connectivity index (χ0n) is 20.1. The number of carbonyl (C=O) groups is 2. The molecular weight excluding hydrogens is 500 g/mol. The number of halogens is 1. The summed E-state index contributed by atoms with van der Waals surface area (Å²) >= 11 is 7.72. The summed E-state index contributed by atoms with van der Waals surface area (Å²) in [6.07, 6.45) is 0.888. The van der Waals surface area contributed by atoms with E-state index < -0.39 is 16.8 Å². The van der Waals surface area contributed by atoms with Crippen molar-refractivity contribution >= 4 is 40.8 Å². The van der Waals surface area contributed by atoms with Crippen molar-refractivity contribution in [2.45, 2.75) is 38.5 Å². The molecule has 0 amide bonds. The zero-order chi connectivity index (χ0) is 25.8. The van der Waals surface area contributed by atoms with E-state index in [1.807, 2.05) is 31.2 Å². The van der Waals surface area contributed by atoms with Crippen LogP contribution >= 0.6 is 23.4 Å². The number of hydrogen-bond acceptors (Lipinski definition) is 7. The molecule has 0 spiro atoms. The number of nitrogens with zero attached hydrogens (tertiary/aromatic N) is 1. The Hall–Kier alpha value is -3.10. The molecule has 2 aliphatic rings. The molecule has 188 valence electrons. The maximum Gasteiger partial charge on any atom is 0.336 e. The molecule has 0 saturated heterocycles. The second-order valence-corrected chi connectivity index (χ2v) is 10.6. The number of rotatable bonds is 8. The van der Waals surface area contributed by atoms with Gasteiger partial charge in [-0.15, -0.1) is 0 Å². The van der Waals surface area contributed by atoms with Crippen LogP contribution in [0.3, 0.4) is 0 Å². The van der Waals surface area contributed by atoms with Crippen molar-refractivity contribution in [2.24, 2.45) is 0 Å². The number of benzene rings is 2. The zero-order valence-corrected chi connectivity index (χ0v) is 21.7. The number of allylic oxidation sites excluding steroid dienone is 3. The second kappa shape index (κ2) is 11.3. The molecular formula is C27H27ClN2O5S. The van der Waals surface area contributed by atoms with E-state index in [0.29, 0.717) is 46.0 Å². The molecule has 0 fully saturated rings. The summed E-state index contributed by atoms with van der Waals surface area (Å²) in [5.74, 6) is 0.370. The third kappa shape index (κ3) is 5.50. The number of nitro groups is 1. The average molecular weight is 527 g/mol. The van der Waals surface area contributed by atoms with Crippen LogP contribution in [0.25, 0.3) is 0 Å². The van der Waals surface area contributed by atoms with E-state index in [-0.39, 0.29) is 24.0 Å². The number of ether oxygens (including phenoxy) is 1. The van der Waals surface area contributed by atoms with Crippen LogP contribution in [-0.2, 0) is 14.3 Å². The first-order valence-corrected chi connectivity index (χ1v) is 13.3. The van der Waals surface area contributed by atoms with Crippen LogP contribution in [0.1, 0.15) is 49.7 Å². The van der Waals surface area contributed by atoms with E-state index in [0.717, 1.165) is 17.0 Å². The van der Waals surface area contributed by atoms with Gasteiger partial charge in [0.25, 0.3) is 5.69 Å². The quantitative estimate of drug-likeness (QED) is 0.198. The van der Waals surface area contributed by atoms with Gasteiger partial charge in [-0.1, -0.05) is 42.8 Å². The highest BCUT2D eigenvalue weighted by molar-refractivity contribution is 7.99. The Bertz CT molecular complexity index is 1240. The first-order chi connectivity index (χ1) is 17.3. The van der Waals surface area contributed by atoms with Crippen molar-refractivity contribution in [1.82, 2.24) is 5.32 Å². The molecule has 1 heterocycles. The molecule has 7 nitrogen and oxygen atoms in total. The van der Waals surface area contributed by atoms with Gasteiger partial charge in [-0.2, -0.15) is 11.8 Å². The maximum atomic E-state index is 13.6. The third-order valence-corrected chi connectivity index (χ3v) is 7.61. The van der Waals surface area contributed by atoms with E-state index in [2.05, 4.69) is 5.32 Å². The Labute approximate surface area is 219 Å². The van der Waals surface area contributed by atoms with Crippen molar-refractivity contribution in [2.75, 3.05) is 18.1 Å². The number of carbonyl (C=O) groups excluding carboxylic acids is 2. The van der Waals surface area contributed by atoms with Gasteiger partial charge in [-0.25, -0.2) is 4.79 Å². The van der Waals surface area contributed by atoms with Crippen LogP contribution in [-0.4, -0.2) is 34.8 Å². The molecule has 1 aliphatic heterocycles. The Morgan fingerprint density at radius 3 is 2.44 bits per heavy atom. The first kappa shape index (κ1) is 26.0. The van der Waals surface area contributed by atoms with Crippen LogP contribution in [0.5, 0.6) is 0 Å². The highest BCUT2D eigenvalue weighted by Crippen LogP contribution is 2.46. The Kier molecular flexibility index (Phi) is 8.16. The smallest absolute Gasteiger partial charge is 0.336 e. The maximum absolute atomic E-state index is 13.6. The lowest BCUT2D eigenvalue weighted by molar-refractivity contribution is -0.384. The largest absolute Gasteiger partial charge is 0.461 e. The van der Waals surface area contributed by atoms with Crippen molar-refractivity contribution in [3.63, 3.8) is 0 Å². The lowest BCUT2D eigenvalue weighted by Crippen LogP contribution is -2.36. The van der Waals surface area contributed by atoms with E-state index in [1.54, 1.807) is 30.8 Å². The predicted octanol–water partition coefficient (Wildman–Crippen LogP) is 5.91. The summed E-state index contributed by atoms with van der Waals surface area (Å²) in [6.45, 7) is 4.10. The number of dihydropyridines is 1. The molecule has 2 aromatic rings. The number of non-ortho nitro benzene ring substituents is 1. The number of hydrogen-bond donors (Lipinski definition) is 1. The Morgan fingerprint density at radius 2 is 1.81 bits per heavy atom. The number of ketones is 1. The van der Waals surface area contributed by atoms with Gasteiger partial charge >= 0.3 is 5.97 Å². The Balaban J connectivity index is 1.72. The molecule has 4 rings (SSSR count). The topological polar surface area (TPSA) is 98.5 Å². The third-order valence-electron chi connectivity index (χ3n) is 6.49. The summed E-state index contributed by atoms with van der Waals surface area (Å²) < 4.78 is 5.57. The summed E-state index contributed by atoms with van der Waals surface area (Å²) in [4.78, 5) is 37.6. The molecule has 1 aliphatic carbocycles. The fourth-order valence-corrected chi connectivity index (χ4v) is 5.43. The normalized spacial score (nSPS) is 19.6. The summed E-state index contributed by atoms with van der Waals surface area (Å²) in [5.41, 5.74) is 3.88. The van der Waals surface area contributed by atoms with Gasteiger partial charge in [-0.05, 0) is 48.3 Å². The molecule has 0 saturated carbocycles. The molecule has 2 atom stereocenters.